The number of rotatable bonds is 7. The summed E-state index contributed by atoms with van der Waals surface area (Å²) in [7, 11) is 0. The summed E-state index contributed by atoms with van der Waals surface area (Å²) in [6.45, 7) is 3.39. The first-order chi connectivity index (χ1) is 12.2. The van der Waals surface area contributed by atoms with Crippen molar-refractivity contribution in [1.82, 2.24) is 15.2 Å². The molecule has 1 aromatic carbocycles. The minimum Gasteiger partial charge on any atom is -0.492 e. The molecular formula is C19H21N3O2S. The first-order valence-corrected chi connectivity index (χ1v) is 9.01. The Balaban J connectivity index is 1.40. The zero-order chi connectivity index (χ0) is 17.5. The summed E-state index contributed by atoms with van der Waals surface area (Å²) in [5.74, 6) is 0.817. The maximum Gasteiger partial charge on any atom is 0.315 e. The Kier molecular flexibility index (Phi) is 5.74. The molecule has 2 heterocycles. The second kappa shape index (κ2) is 8.39. The van der Waals surface area contributed by atoms with Crippen LogP contribution >= 0.6 is 11.3 Å². The largest absolute Gasteiger partial charge is 0.492 e. The van der Waals surface area contributed by atoms with Crippen LogP contribution in [0.4, 0.5) is 4.79 Å². The van der Waals surface area contributed by atoms with Crippen molar-refractivity contribution >= 4 is 17.4 Å². The molecule has 0 atom stereocenters. The van der Waals surface area contributed by atoms with Gasteiger partial charge in [-0.05, 0) is 48.2 Å². The van der Waals surface area contributed by atoms with Gasteiger partial charge in [0.1, 0.15) is 17.4 Å². The minimum atomic E-state index is -0.197. The van der Waals surface area contributed by atoms with Gasteiger partial charge in [0.05, 0.1) is 6.54 Å². The van der Waals surface area contributed by atoms with Crippen molar-refractivity contribution in [2.75, 3.05) is 13.2 Å². The SMILES string of the molecule is Cc1cccc(OCCNC(=O)NCc2ccsc2-n2cccc2)c1. The molecule has 25 heavy (non-hydrogen) atoms. The van der Waals surface area contributed by atoms with Gasteiger partial charge in [0.25, 0.3) is 0 Å². The highest BCUT2D eigenvalue weighted by Crippen LogP contribution is 2.21. The summed E-state index contributed by atoms with van der Waals surface area (Å²) in [4.78, 5) is 11.9. The Labute approximate surface area is 151 Å². The van der Waals surface area contributed by atoms with Crippen molar-refractivity contribution in [3.63, 3.8) is 0 Å². The lowest BCUT2D eigenvalue weighted by Crippen LogP contribution is -2.37. The smallest absolute Gasteiger partial charge is 0.315 e. The second-order valence-corrected chi connectivity index (χ2v) is 6.51. The number of aromatic nitrogens is 1. The van der Waals surface area contributed by atoms with E-state index in [0.717, 1.165) is 21.9 Å². The Bertz CT molecular complexity index is 812. The fraction of sp³-hybridized carbons (Fsp3) is 0.211. The molecule has 0 radical (unpaired) electrons. The molecular weight excluding hydrogens is 334 g/mol. The highest BCUT2D eigenvalue weighted by atomic mass is 32.1. The van der Waals surface area contributed by atoms with Gasteiger partial charge in [-0.15, -0.1) is 11.3 Å². The van der Waals surface area contributed by atoms with Gasteiger partial charge in [-0.3, -0.25) is 0 Å². The zero-order valence-electron chi connectivity index (χ0n) is 14.1. The maximum atomic E-state index is 11.9. The van der Waals surface area contributed by atoms with Crippen LogP contribution in [0, 0.1) is 6.92 Å². The molecule has 0 aliphatic heterocycles. The van der Waals surface area contributed by atoms with E-state index in [0.29, 0.717) is 19.7 Å². The van der Waals surface area contributed by atoms with Crippen molar-refractivity contribution in [3.8, 4) is 10.8 Å². The molecule has 0 saturated carbocycles. The number of nitrogens with zero attached hydrogens (tertiary/aromatic N) is 1. The number of aryl methyl sites for hydroxylation is 1. The van der Waals surface area contributed by atoms with Gasteiger partial charge >= 0.3 is 6.03 Å². The van der Waals surface area contributed by atoms with Crippen LogP contribution in [0.5, 0.6) is 5.75 Å². The minimum absolute atomic E-state index is 0.197. The number of urea groups is 1. The predicted octanol–water partition coefficient (Wildman–Crippen LogP) is 3.73. The quantitative estimate of drug-likeness (QED) is 0.635. The number of hydrogen-bond donors (Lipinski definition) is 2. The van der Waals surface area contributed by atoms with Crippen LogP contribution in [0.2, 0.25) is 0 Å². The molecule has 0 unspecified atom stereocenters. The van der Waals surface area contributed by atoms with E-state index in [-0.39, 0.29) is 6.03 Å². The highest BCUT2D eigenvalue weighted by Gasteiger charge is 2.07. The summed E-state index contributed by atoms with van der Waals surface area (Å²) in [5.41, 5.74) is 2.24. The van der Waals surface area contributed by atoms with E-state index in [9.17, 15) is 4.79 Å². The first-order valence-electron chi connectivity index (χ1n) is 8.13. The van der Waals surface area contributed by atoms with Crippen LogP contribution in [0.1, 0.15) is 11.1 Å². The van der Waals surface area contributed by atoms with E-state index in [1.165, 1.54) is 0 Å². The predicted molar refractivity (Wildman–Crippen MR) is 101 cm³/mol. The van der Waals surface area contributed by atoms with Crippen molar-refractivity contribution in [2.24, 2.45) is 0 Å². The highest BCUT2D eigenvalue weighted by molar-refractivity contribution is 7.12. The second-order valence-electron chi connectivity index (χ2n) is 5.62. The van der Waals surface area contributed by atoms with Crippen molar-refractivity contribution in [1.29, 1.82) is 0 Å². The molecule has 0 saturated heterocycles. The molecule has 3 aromatic rings. The average Bonchev–Trinajstić information content (AvgIpc) is 3.27. The monoisotopic (exact) mass is 355 g/mol. The number of ether oxygens (including phenoxy) is 1. The number of amides is 2. The number of hydrogen-bond acceptors (Lipinski definition) is 3. The topological polar surface area (TPSA) is 55.3 Å². The third-order valence-electron chi connectivity index (χ3n) is 3.65. The summed E-state index contributed by atoms with van der Waals surface area (Å²) < 4.78 is 7.66. The Morgan fingerprint density at radius 2 is 2.00 bits per heavy atom. The van der Waals surface area contributed by atoms with E-state index in [2.05, 4.69) is 15.2 Å². The molecule has 2 N–H and O–H groups in total. The number of nitrogens with one attached hydrogen (secondary N) is 2. The molecule has 0 fully saturated rings. The van der Waals surface area contributed by atoms with Crippen LogP contribution in [0.15, 0.2) is 60.2 Å². The lowest BCUT2D eigenvalue weighted by molar-refractivity contribution is 0.236. The number of benzene rings is 1. The van der Waals surface area contributed by atoms with Crippen LogP contribution in [-0.4, -0.2) is 23.7 Å². The molecule has 6 heteroatoms. The molecule has 5 nitrogen and oxygen atoms in total. The van der Waals surface area contributed by atoms with Gasteiger partial charge in [0.2, 0.25) is 0 Å². The maximum absolute atomic E-state index is 11.9. The fourth-order valence-corrected chi connectivity index (χ4v) is 3.33. The van der Waals surface area contributed by atoms with E-state index in [4.69, 9.17) is 4.74 Å². The molecule has 2 amide bonds. The summed E-state index contributed by atoms with van der Waals surface area (Å²) in [6.07, 6.45) is 4.00. The summed E-state index contributed by atoms with van der Waals surface area (Å²) >= 11 is 1.65. The van der Waals surface area contributed by atoms with E-state index < -0.39 is 0 Å². The number of carbonyl (C=O) groups excluding carboxylic acids is 1. The van der Waals surface area contributed by atoms with Gasteiger partial charge in [0.15, 0.2) is 0 Å². The summed E-state index contributed by atoms with van der Waals surface area (Å²) in [5, 5.41) is 8.83. The third-order valence-corrected chi connectivity index (χ3v) is 4.62. The van der Waals surface area contributed by atoms with E-state index in [1.54, 1.807) is 11.3 Å². The van der Waals surface area contributed by atoms with Gasteiger partial charge in [-0.2, -0.15) is 0 Å². The third kappa shape index (κ3) is 4.87. The van der Waals surface area contributed by atoms with Gasteiger partial charge in [-0.1, -0.05) is 12.1 Å². The Morgan fingerprint density at radius 1 is 1.16 bits per heavy atom. The molecule has 0 aliphatic rings. The molecule has 3 rings (SSSR count). The Morgan fingerprint density at radius 3 is 2.80 bits per heavy atom. The first kappa shape index (κ1) is 17.1. The zero-order valence-corrected chi connectivity index (χ0v) is 14.9. The molecule has 0 aliphatic carbocycles. The fourth-order valence-electron chi connectivity index (χ4n) is 2.44. The van der Waals surface area contributed by atoms with Crippen molar-refractivity contribution < 1.29 is 9.53 Å². The standard InChI is InChI=1S/C19H21N3O2S/c1-15-5-4-6-17(13-15)24-11-8-20-19(23)21-14-16-7-12-25-18(16)22-9-2-3-10-22/h2-7,9-10,12-13H,8,11,14H2,1H3,(H2,20,21,23). The number of thiophene rings is 1. The van der Waals surface area contributed by atoms with Crippen LogP contribution in [0.25, 0.3) is 5.00 Å². The lowest BCUT2D eigenvalue weighted by Gasteiger charge is -2.10. The van der Waals surface area contributed by atoms with Crippen LogP contribution < -0.4 is 15.4 Å². The van der Waals surface area contributed by atoms with Crippen LogP contribution in [-0.2, 0) is 6.54 Å². The van der Waals surface area contributed by atoms with Gasteiger partial charge in [-0.25, -0.2) is 4.79 Å². The normalized spacial score (nSPS) is 10.4. The number of carbonyl (C=O) groups is 1. The Hall–Kier alpha value is -2.73. The molecule has 0 bridgehead atoms. The summed E-state index contributed by atoms with van der Waals surface area (Å²) in [6, 6.07) is 13.7. The van der Waals surface area contributed by atoms with Gasteiger partial charge in [0, 0.05) is 24.5 Å². The molecule has 130 valence electrons. The van der Waals surface area contributed by atoms with Crippen molar-refractivity contribution in [3.05, 3.63) is 71.4 Å². The van der Waals surface area contributed by atoms with Crippen LogP contribution in [0.3, 0.4) is 0 Å². The van der Waals surface area contributed by atoms with E-state index >= 15 is 0 Å². The van der Waals surface area contributed by atoms with E-state index in [1.807, 2.05) is 67.2 Å². The van der Waals surface area contributed by atoms with Crippen molar-refractivity contribution in [2.45, 2.75) is 13.5 Å². The molecule has 0 spiro atoms. The molecule has 2 aromatic heterocycles. The average molecular weight is 355 g/mol. The van der Waals surface area contributed by atoms with Gasteiger partial charge < -0.3 is 19.9 Å². The lowest BCUT2D eigenvalue weighted by atomic mass is 10.2.